The molecule has 1 aliphatic heterocycles. The molecule has 0 unspecified atom stereocenters. The van der Waals surface area contributed by atoms with Crippen molar-refractivity contribution in [2.75, 3.05) is 48.8 Å². The van der Waals surface area contributed by atoms with E-state index in [1.165, 1.54) is 17.5 Å². The molecule has 0 bridgehead atoms. The number of nitrogens with one attached hydrogen (secondary N) is 2. The van der Waals surface area contributed by atoms with Gasteiger partial charge < -0.3 is 25.2 Å². The van der Waals surface area contributed by atoms with Crippen LogP contribution in [0.25, 0.3) is 22.0 Å². The molecule has 9 heteroatoms. The van der Waals surface area contributed by atoms with E-state index in [1.807, 2.05) is 48.7 Å². The summed E-state index contributed by atoms with van der Waals surface area (Å²) in [4.78, 5) is 35.0. The second-order valence-corrected chi connectivity index (χ2v) is 10.9. The van der Waals surface area contributed by atoms with Gasteiger partial charge in [-0.25, -0.2) is 9.97 Å². The molecule has 0 radical (unpaired) electrons. The summed E-state index contributed by atoms with van der Waals surface area (Å²) >= 11 is 1.78. The average Bonchev–Trinajstić information content (AvgIpc) is 3.49. The van der Waals surface area contributed by atoms with Crippen LogP contribution in [0.4, 0.5) is 23.0 Å². The van der Waals surface area contributed by atoms with Crippen LogP contribution in [-0.4, -0.2) is 60.8 Å². The number of hydrogen-bond acceptors (Lipinski definition) is 8. The van der Waals surface area contributed by atoms with E-state index in [0.29, 0.717) is 12.4 Å². The fourth-order valence-electron chi connectivity index (χ4n) is 4.50. The highest BCUT2D eigenvalue weighted by Crippen LogP contribution is 2.29. The van der Waals surface area contributed by atoms with Gasteiger partial charge >= 0.3 is 0 Å². The number of benzene rings is 3. The Bertz CT molecular complexity index is 1570. The SMILES string of the molecule is CC=O.CN1CCN(c2cccc(Nc3ncc4cccc(-c5ccc(NC=O)cc5)c4n3)c2)CC1.Cc1cccs1. The molecule has 8 nitrogen and oxygen atoms in total. The fourth-order valence-corrected chi connectivity index (χ4v) is 5.03. The number of fused-ring (bicyclic) bond motifs is 1. The van der Waals surface area contributed by atoms with Crippen LogP contribution in [0.3, 0.4) is 0 Å². The number of para-hydroxylation sites is 1. The van der Waals surface area contributed by atoms with Crippen molar-refractivity contribution in [3.63, 3.8) is 0 Å². The van der Waals surface area contributed by atoms with Gasteiger partial charge in [0.2, 0.25) is 12.4 Å². The fraction of sp³-hybridized carbons (Fsp3) is 0.212. The molecule has 5 aromatic rings. The van der Waals surface area contributed by atoms with Crippen molar-refractivity contribution in [1.82, 2.24) is 14.9 Å². The first kappa shape index (κ1) is 30.4. The summed E-state index contributed by atoms with van der Waals surface area (Å²) in [7, 11) is 2.16. The average molecular weight is 581 g/mol. The van der Waals surface area contributed by atoms with Crippen molar-refractivity contribution < 1.29 is 9.59 Å². The number of nitrogens with zero attached hydrogens (tertiary/aromatic N) is 4. The Labute approximate surface area is 251 Å². The summed E-state index contributed by atoms with van der Waals surface area (Å²) < 4.78 is 0. The van der Waals surface area contributed by atoms with E-state index in [0.717, 1.165) is 65.9 Å². The van der Waals surface area contributed by atoms with E-state index < -0.39 is 0 Å². The number of carbonyl (C=O) groups excluding carboxylic acids is 2. The highest BCUT2D eigenvalue weighted by molar-refractivity contribution is 7.09. The number of aromatic nitrogens is 2. The van der Waals surface area contributed by atoms with Crippen LogP contribution in [0.2, 0.25) is 0 Å². The third kappa shape index (κ3) is 8.45. The third-order valence-corrected chi connectivity index (χ3v) is 7.47. The van der Waals surface area contributed by atoms with Crippen molar-refractivity contribution in [3.05, 3.63) is 95.3 Å². The van der Waals surface area contributed by atoms with Gasteiger partial charge in [0.1, 0.15) is 6.29 Å². The molecular weight excluding hydrogens is 544 g/mol. The van der Waals surface area contributed by atoms with E-state index in [2.05, 4.69) is 81.2 Å². The van der Waals surface area contributed by atoms with E-state index in [9.17, 15) is 4.79 Å². The Morgan fingerprint density at radius 2 is 1.62 bits per heavy atom. The van der Waals surface area contributed by atoms with Crippen LogP contribution >= 0.6 is 11.3 Å². The first-order chi connectivity index (χ1) is 20.5. The van der Waals surface area contributed by atoms with Gasteiger partial charge in [0.15, 0.2) is 0 Å². The molecule has 0 atom stereocenters. The Hall–Kier alpha value is -4.60. The van der Waals surface area contributed by atoms with E-state index >= 15 is 0 Å². The molecule has 0 aliphatic carbocycles. The second kappa shape index (κ2) is 15.4. The maximum atomic E-state index is 10.7. The monoisotopic (exact) mass is 580 g/mol. The summed E-state index contributed by atoms with van der Waals surface area (Å²) in [6.45, 7) is 7.74. The van der Waals surface area contributed by atoms with Crippen molar-refractivity contribution >= 4 is 57.9 Å². The number of amides is 1. The lowest BCUT2D eigenvalue weighted by atomic mass is 10.0. The van der Waals surface area contributed by atoms with Crippen LogP contribution in [-0.2, 0) is 9.59 Å². The lowest BCUT2D eigenvalue weighted by molar-refractivity contribution is -0.106. The van der Waals surface area contributed by atoms with Crippen LogP contribution in [0, 0.1) is 6.92 Å². The Kier molecular flexibility index (Phi) is 11.1. The molecule has 0 spiro atoms. The van der Waals surface area contributed by atoms with Gasteiger partial charge in [-0.15, -0.1) is 11.3 Å². The van der Waals surface area contributed by atoms with Crippen molar-refractivity contribution in [2.24, 2.45) is 0 Å². The van der Waals surface area contributed by atoms with Gasteiger partial charge in [0.05, 0.1) is 5.52 Å². The highest BCUT2D eigenvalue weighted by atomic mass is 32.1. The molecule has 216 valence electrons. The summed E-state index contributed by atoms with van der Waals surface area (Å²) in [5.41, 5.74) is 5.85. The number of thiophene rings is 1. The minimum atomic E-state index is 0.560. The third-order valence-electron chi connectivity index (χ3n) is 6.67. The quantitative estimate of drug-likeness (QED) is 0.218. The van der Waals surface area contributed by atoms with Gasteiger partial charge in [-0.05, 0) is 68.2 Å². The normalized spacial score (nSPS) is 12.8. The molecule has 0 saturated carbocycles. The Balaban J connectivity index is 0.000000390. The molecule has 3 aromatic carbocycles. The van der Waals surface area contributed by atoms with Crippen LogP contribution in [0.1, 0.15) is 11.8 Å². The summed E-state index contributed by atoms with van der Waals surface area (Å²) in [6, 6.07) is 26.4. The number of carbonyl (C=O) groups is 2. The topological polar surface area (TPSA) is 90.5 Å². The molecule has 1 fully saturated rings. The number of aldehydes is 1. The molecule has 3 heterocycles. The molecule has 6 rings (SSSR count). The smallest absolute Gasteiger partial charge is 0.227 e. The number of rotatable bonds is 6. The Morgan fingerprint density at radius 1 is 0.881 bits per heavy atom. The lowest BCUT2D eigenvalue weighted by Crippen LogP contribution is -2.44. The molecule has 1 saturated heterocycles. The van der Waals surface area contributed by atoms with Gasteiger partial charge in [0.25, 0.3) is 0 Å². The molecule has 2 aromatic heterocycles. The lowest BCUT2D eigenvalue weighted by Gasteiger charge is -2.34. The standard InChI is InChI=1S/C26H26N6O.C5H6S.C2H4O/c1-31-12-14-32(15-13-31)23-6-3-5-22(16-23)29-26-27-17-20-4-2-7-24(25(20)30-26)19-8-10-21(11-9-19)28-18-33;1-5-3-2-4-6-5;1-2-3/h2-11,16-18H,12-15H2,1H3,(H,28,33)(H,27,29,30);2-4H,1H3;2H,1H3. The van der Waals surface area contributed by atoms with Crippen LogP contribution in [0.5, 0.6) is 0 Å². The molecule has 42 heavy (non-hydrogen) atoms. The second-order valence-electron chi connectivity index (χ2n) is 9.70. The zero-order valence-corrected chi connectivity index (χ0v) is 25.0. The van der Waals surface area contributed by atoms with Gasteiger partial charge in [-0.2, -0.15) is 0 Å². The number of aryl methyl sites for hydroxylation is 1. The zero-order valence-electron chi connectivity index (χ0n) is 24.2. The minimum Gasteiger partial charge on any atom is -0.369 e. The van der Waals surface area contributed by atoms with E-state index in [1.54, 1.807) is 11.3 Å². The van der Waals surface area contributed by atoms with Crippen molar-refractivity contribution in [1.29, 1.82) is 0 Å². The highest BCUT2D eigenvalue weighted by Gasteiger charge is 2.15. The van der Waals surface area contributed by atoms with Gasteiger partial charge in [-0.1, -0.05) is 42.5 Å². The summed E-state index contributed by atoms with van der Waals surface area (Å²) in [5.74, 6) is 0.560. The summed E-state index contributed by atoms with van der Waals surface area (Å²) in [6.07, 6.45) is 3.28. The van der Waals surface area contributed by atoms with Crippen LogP contribution < -0.4 is 15.5 Å². The van der Waals surface area contributed by atoms with Gasteiger partial charge in [-0.3, -0.25) is 4.79 Å². The molecule has 1 amide bonds. The van der Waals surface area contributed by atoms with Crippen LogP contribution in [0.15, 0.2) is 90.4 Å². The van der Waals surface area contributed by atoms with Crippen molar-refractivity contribution in [2.45, 2.75) is 13.8 Å². The Morgan fingerprint density at radius 3 is 2.26 bits per heavy atom. The number of hydrogen-bond donors (Lipinski definition) is 2. The number of piperazine rings is 1. The predicted molar refractivity (Wildman–Crippen MR) is 175 cm³/mol. The number of anilines is 4. The maximum absolute atomic E-state index is 10.7. The van der Waals surface area contributed by atoms with E-state index in [4.69, 9.17) is 9.78 Å². The largest absolute Gasteiger partial charge is 0.369 e. The molecule has 2 N–H and O–H groups in total. The first-order valence-corrected chi connectivity index (χ1v) is 14.7. The molecular formula is C33H36N6O2S. The summed E-state index contributed by atoms with van der Waals surface area (Å²) in [5, 5.41) is 9.10. The van der Waals surface area contributed by atoms with Crippen molar-refractivity contribution in [3.8, 4) is 11.1 Å². The predicted octanol–water partition coefficient (Wildman–Crippen LogP) is 6.62. The van der Waals surface area contributed by atoms with E-state index in [-0.39, 0.29) is 0 Å². The minimum absolute atomic E-state index is 0.560. The number of likely N-dealkylation sites (N-methyl/N-ethyl adjacent to an activating group) is 1. The zero-order chi connectivity index (χ0) is 29.7. The first-order valence-electron chi connectivity index (χ1n) is 13.8. The maximum Gasteiger partial charge on any atom is 0.227 e. The van der Waals surface area contributed by atoms with Gasteiger partial charge in [0, 0.05) is 65.3 Å². The molecule has 1 aliphatic rings.